The van der Waals surface area contributed by atoms with E-state index in [1.54, 1.807) is 0 Å². The minimum atomic E-state index is 0.138. The van der Waals surface area contributed by atoms with Gasteiger partial charge in [0.1, 0.15) is 5.78 Å². The largest absolute Gasteiger partial charge is 0.373 e. The second kappa shape index (κ2) is 6.34. The van der Waals surface area contributed by atoms with E-state index in [-0.39, 0.29) is 10.8 Å². The van der Waals surface area contributed by atoms with Crippen molar-refractivity contribution in [2.24, 2.45) is 5.41 Å². The Morgan fingerprint density at radius 2 is 2.04 bits per heavy atom. The van der Waals surface area contributed by atoms with E-state index in [4.69, 9.17) is 11.6 Å². The van der Waals surface area contributed by atoms with Gasteiger partial charge in [-0.3, -0.25) is 9.69 Å². The summed E-state index contributed by atoms with van der Waals surface area (Å²) in [5, 5.41) is 0.808. The molecule has 2 heterocycles. The number of anilines is 1. The van der Waals surface area contributed by atoms with Crippen molar-refractivity contribution >= 4 is 23.1 Å². The highest BCUT2D eigenvalue weighted by Crippen LogP contribution is 2.46. The number of hydrogen-bond donors (Lipinski definition) is 0. The third-order valence-corrected chi connectivity index (χ3v) is 5.70. The lowest BCUT2D eigenvalue weighted by atomic mass is 9.81. The molecule has 1 aromatic rings. The highest BCUT2D eigenvalue weighted by atomic mass is 35.5. The second-order valence-electron chi connectivity index (χ2n) is 8.86. The molecule has 0 radical (unpaired) electrons. The summed E-state index contributed by atoms with van der Waals surface area (Å²) in [6.07, 6.45) is 2.76. The molecule has 0 aromatic heterocycles. The normalized spacial score (nSPS) is 24.0. The van der Waals surface area contributed by atoms with Crippen LogP contribution in [0.4, 0.5) is 5.69 Å². The quantitative estimate of drug-likeness (QED) is 0.817. The average molecular weight is 349 g/mol. The number of fused-ring (bicyclic) bond motifs is 2. The van der Waals surface area contributed by atoms with Crippen LogP contribution >= 0.6 is 11.6 Å². The van der Waals surface area contributed by atoms with Gasteiger partial charge in [-0.25, -0.2) is 0 Å². The molecule has 0 N–H and O–H groups in total. The zero-order chi connectivity index (χ0) is 17.5. The summed E-state index contributed by atoms with van der Waals surface area (Å²) in [6, 6.07) is 6.23. The zero-order valence-electron chi connectivity index (χ0n) is 15.4. The van der Waals surface area contributed by atoms with E-state index in [0.717, 1.165) is 37.5 Å². The number of nitrogens with zero attached hydrogens (tertiary/aromatic N) is 2. The molecule has 3 nitrogen and oxygen atoms in total. The molecule has 132 valence electrons. The van der Waals surface area contributed by atoms with Crippen LogP contribution in [0, 0.1) is 5.41 Å². The number of likely N-dealkylation sites (N-methyl/N-ethyl adjacent to an activating group) is 1. The number of Topliss-reactive ketones (excluding diaryl/α,β-unsaturated/α-hetero) is 1. The van der Waals surface area contributed by atoms with E-state index < -0.39 is 0 Å². The maximum Gasteiger partial charge on any atom is 0.146 e. The lowest BCUT2D eigenvalue weighted by Gasteiger charge is -2.25. The number of carbonyl (C=O) groups is 1. The molecule has 1 unspecified atom stereocenters. The minimum Gasteiger partial charge on any atom is -0.373 e. The summed E-state index contributed by atoms with van der Waals surface area (Å²) in [5.41, 5.74) is 3.02. The van der Waals surface area contributed by atoms with E-state index >= 15 is 0 Å². The number of ketones is 1. The van der Waals surface area contributed by atoms with Crippen molar-refractivity contribution < 1.29 is 4.79 Å². The topological polar surface area (TPSA) is 23.6 Å². The number of rotatable bonds is 4. The third-order valence-electron chi connectivity index (χ3n) is 5.47. The Labute approximate surface area is 151 Å². The summed E-state index contributed by atoms with van der Waals surface area (Å²) in [5.74, 6) is 0.375. The van der Waals surface area contributed by atoms with Crippen molar-refractivity contribution in [1.82, 2.24) is 4.90 Å². The Morgan fingerprint density at radius 3 is 2.75 bits per heavy atom. The average Bonchev–Trinajstić information content (AvgIpc) is 2.99. The summed E-state index contributed by atoms with van der Waals surface area (Å²) >= 11 is 6.25. The molecule has 3 rings (SSSR count). The van der Waals surface area contributed by atoms with Gasteiger partial charge in [0.2, 0.25) is 0 Å². The molecule has 0 saturated carbocycles. The summed E-state index contributed by atoms with van der Waals surface area (Å²) in [4.78, 5) is 17.0. The van der Waals surface area contributed by atoms with Crippen LogP contribution in [0.2, 0.25) is 5.02 Å². The first-order valence-corrected chi connectivity index (χ1v) is 9.32. The van der Waals surface area contributed by atoms with Gasteiger partial charge in [0, 0.05) is 42.7 Å². The molecule has 2 aliphatic heterocycles. The Bertz CT molecular complexity index is 637. The van der Waals surface area contributed by atoms with Crippen molar-refractivity contribution in [3.8, 4) is 0 Å². The van der Waals surface area contributed by atoms with Crippen molar-refractivity contribution in [1.29, 1.82) is 0 Å². The summed E-state index contributed by atoms with van der Waals surface area (Å²) in [6.45, 7) is 10.2. The molecule has 0 bridgehead atoms. The van der Waals surface area contributed by atoms with Gasteiger partial charge in [-0.15, -0.1) is 0 Å². The Balaban J connectivity index is 1.66. The molecule has 2 aliphatic rings. The first-order chi connectivity index (χ1) is 11.2. The fourth-order valence-electron chi connectivity index (χ4n) is 4.18. The molecular formula is C20H29ClN2O. The Hall–Kier alpha value is -1.06. The smallest absolute Gasteiger partial charge is 0.146 e. The van der Waals surface area contributed by atoms with Crippen LogP contribution < -0.4 is 4.90 Å². The van der Waals surface area contributed by atoms with Crippen molar-refractivity contribution in [2.45, 2.75) is 45.4 Å². The van der Waals surface area contributed by atoms with Crippen molar-refractivity contribution in [3.05, 3.63) is 28.8 Å². The molecule has 1 aromatic carbocycles. The van der Waals surface area contributed by atoms with Gasteiger partial charge in [0.15, 0.2) is 0 Å². The van der Waals surface area contributed by atoms with Crippen LogP contribution in [0.3, 0.4) is 0 Å². The van der Waals surface area contributed by atoms with Gasteiger partial charge in [-0.1, -0.05) is 32.4 Å². The minimum absolute atomic E-state index is 0.138. The van der Waals surface area contributed by atoms with Gasteiger partial charge in [0.05, 0.1) is 6.54 Å². The van der Waals surface area contributed by atoms with Crippen LogP contribution in [0.1, 0.15) is 45.6 Å². The van der Waals surface area contributed by atoms with Crippen molar-refractivity contribution in [2.75, 3.05) is 38.1 Å². The van der Waals surface area contributed by atoms with Crippen LogP contribution in [0.15, 0.2) is 18.2 Å². The molecule has 24 heavy (non-hydrogen) atoms. The number of carbonyl (C=O) groups excluding carboxylic acids is 1. The SMILES string of the molecule is CN1CC2(CCN(CC(=O)CCC(C)(C)C)C2)c2cc(Cl)ccc21. The van der Waals surface area contributed by atoms with Gasteiger partial charge in [0.25, 0.3) is 0 Å². The standard InChI is InChI=1S/C20H29ClN2O/c1-19(2,3)8-7-16(24)12-23-10-9-20(14-23)13-22(4)18-6-5-15(21)11-17(18)20/h5-6,11H,7-10,12-14H2,1-4H3. The molecule has 0 amide bonds. The van der Waals surface area contributed by atoms with Crippen LogP contribution in [0.25, 0.3) is 0 Å². The maximum atomic E-state index is 12.3. The van der Waals surface area contributed by atoms with Crippen LogP contribution in [-0.4, -0.2) is 43.9 Å². The lowest BCUT2D eigenvalue weighted by molar-refractivity contribution is -0.120. The highest BCUT2D eigenvalue weighted by molar-refractivity contribution is 6.30. The summed E-state index contributed by atoms with van der Waals surface area (Å²) < 4.78 is 0. The zero-order valence-corrected chi connectivity index (χ0v) is 16.1. The number of likely N-dealkylation sites (tertiary alicyclic amines) is 1. The fourth-order valence-corrected chi connectivity index (χ4v) is 4.35. The molecule has 1 saturated heterocycles. The van der Waals surface area contributed by atoms with E-state index in [0.29, 0.717) is 18.7 Å². The first kappa shape index (κ1) is 17.8. The third kappa shape index (κ3) is 3.62. The highest BCUT2D eigenvalue weighted by Gasteiger charge is 2.46. The van der Waals surface area contributed by atoms with Gasteiger partial charge in [-0.2, -0.15) is 0 Å². The van der Waals surface area contributed by atoms with E-state index in [2.05, 4.69) is 49.8 Å². The Kier molecular flexibility index (Phi) is 4.69. The van der Waals surface area contributed by atoms with E-state index in [1.807, 2.05) is 6.07 Å². The fraction of sp³-hybridized carbons (Fsp3) is 0.650. The molecule has 1 atom stereocenters. The van der Waals surface area contributed by atoms with Gasteiger partial charge in [-0.05, 0) is 48.6 Å². The Morgan fingerprint density at radius 1 is 1.29 bits per heavy atom. The van der Waals surface area contributed by atoms with Crippen LogP contribution in [-0.2, 0) is 10.2 Å². The molecular weight excluding hydrogens is 320 g/mol. The first-order valence-electron chi connectivity index (χ1n) is 8.94. The maximum absolute atomic E-state index is 12.3. The van der Waals surface area contributed by atoms with E-state index in [1.165, 1.54) is 11.3 Å². The number of halogens is 1. The predicted molar refractivity (Wildman–Crippen MR) is 101 cm³/mol. The van der Waals surface area contributed by atoms with E-state index in [9.17, 15) is 4.79 Å². The number of hydrogen-bond acceptors (Lipinski definition) is 3. The number of benzene rings is 1. The second-order valence-corrected chi connectivity index (χ2v) is 9.29. The van der Waals surface area contributed by atoms with Crippen LogP contribution in [0.5, 0.6) is 0 Å². The van der Waals surface area contributed by atoms with Crippen molar-refractivity contribution in [3.63, 3.8) is 0 Å². The molecule has 1 fully saturated rings. The summed E-state index contributed by atoms with van der Waals surface area (Å²) in [7, 11) is 2.15. The molecule has 1 spiro atoms. The van der Waals surface area contributed by atoms with Gasteiger partial charge < -0.3 is 4.90 Å². The van der Waals surface area contributed by atoms with Gasteiger partial charge >= 0.3 is 0 Å². The monoisotopic (exact) mass is 348 g/mol. The lowest BCUT2D eigenvalue weighted by Crippen LogP contribution is -2.36. The molecule has 4 heteroatoms. The predicted octanol–water partition coefficient (Wildman–Crippen LogP) is 4.13. The molecule has 0 aliphatic carbocycles.